The van der Waals surface area contributed by atoms with Crippen molar-refractivity contribution in [1.29, 1.82) is 0 Å². The molecule has 1 atom stereocenters. The molecule has 3 rings (SSSR count). The average molecular weight is 294 g/mol. The summed E-state index contributed by atoms with van der Waals surface area (Å²) in [5, 5.41) is 6.03. The molecular formula is C19H22N2O. The number of nitrogens with one attached hydrogen (secondary N) is 2. The maximum absolute atomic E-state index is 12.1. The van der Waals surface area contributed by atoms with Crippen molar-refractivity contribution in [3.8, 4) is 0 Å². The van der Waals surface area contributed by atoms with Crippen LogP contribution < -0.4 is 10.6 Å². The van der Waals surface area contributed by atoms with E-state index in [1.807, 2.05) is 36.4 Å². The average Bonchev–Trinajstić information content (AvgIpc) is 3.35. The van der Waals surface area contributed by atoms with E-state index in [0.717, 1.165) is 17.7 Å². The van der Waals surface area contributed by atoms with Gasteiger partial charge in [0.25, 0.3) is 0 Å². The molecule has 0 aromatic heterocycles. The number of urea groups is 1. The van der Waals surface area contributed by atoms with E-state index in [1.54, 1.807) is 0 Å². The highest BCUT2D eigenvalue weighted by Gasteiger charge is 2.28. The summed E-state index contributed by atoms with van der Waals surface area (Å²) in [6.07, 6.45) is 3.27. The maximum Gasteiger partial charge on any atom is 0.319 e. The predicted octanol–water partition coefficient (Wildman–Crippen LogP) is 4.20. The maximum atomic E-state index is 12.1. The van der Waals surface area contributed by atoms with Crippen LogP contribution in [0.25, 0.3) is 0 Å². The summed E-state index contributed by atoms with van der Waals surface area (Å²) in [6.45, 7) is 2.08. The summed E-state index contributed by atoms with van der Waals surface area (Å²) in [4.78, 5) is 12.1. The minimum atomic E-state index is -0.111. The van der Waals surface area contributed by atoms with E-state index in [2.05, 4.69) is 35.8 Å². The zero-order chi connectivity index (χ0) is 15.4. The number of carbonyl (C=O) groups is 1. The Morgan fingerprint density at radius 1 is 1.09 bits per heavy atom. The zero-order valence-corrected chi connectivity index (χ0v) is 12.9. The number of hydrogen-bond acceptors (Lipinski definition) is 1. The molecule has 2 amide bonds. The summed E-state index contributed by atoms with van der Waals surface area (Å²) in [5.41, 5.74) is 3.25. The molecular weight excluding hydrogens is 272 g/mol. The van der Waals surface area contributed by atoms with Crippen molar-refractivity contribution >= 4 is 11.7 Å². The summed E-state index contributed by atoms with van der Waals surface area (Å²) in [5.74, 6) is 0.658. The lowest BCUT2D eigenvalue weighted by atomic mass is 10.0. The Morgan fingerprint density at radius 3 is 2.50 bits per heavy atom. The fraction of sp³-hybridized carbons (Fsp3) is 0.316. The van der Waals surface area contributed by atoms with Gasteiger partial charge in [-0.3, -0.25) is 0 Å². The van der Waals surface area contributed by atoms with Crippen LogP contribution in [-0.4, -0.2) is 12.1 Å². The highest BCUT2D eigenvalue weighted by Crippen LogP contribution is 2.32. The molecule has 1 aliphatic rings. The van der Waals surface area contributed by atoms with Crippen molar-refractivity contribution in [3.05, 3.63) is 65.7 Å². The zero-order valence-electron chi connectivity index (χ0n) is 12.9. The number of rotatable bonds is 5. The largest absolute Gasteiger partial charge is 0.335 e. The molecule has 1 fully saturated rings. The molecule has 0 aliphatic heterocycles. The molecule has 1 unspecified atom stereocenters. The third-order valence-corrected chi connectivity index (χ3v) is 4.19. The van der Waals surface area contributed by atoms with Gasteiger partial charge in [0.15, 0.2) is 0 Å². The van der Waals surface area contributed by atoms with E-state index < -0.39 is 0 Å². The molecule has 0 saturated heterocycles. The first-order chi connectivity index (χ1) is 10.7. The van der Waals surface area contributed by atoms with Gasteiger partial charge in [-0.2, -0.15) is 0 Å². The molecule has 0 radical (unpaired) electrons. The van der Waals surface area contributed by atoms with Gasteiger partial charge in [-0.25, -0.2) is 4.79 Å². The molecule has 1 saturated carbocycles. The van der Waals surface area contributed by atoms with Gasteiger partial charge in [0.05, 0.1) is 0 Å². The molecule has 0 heterocycles. The van der Waals surface area contributed by atoms with Crippen LogP contribution in [0, 0.1) is 5.92 Å². The number of hydrogen-bond donors (Lipinski definition) is 2. The third kappa shape index (κ3) is 3.88. The lowest BCUT2D eigenvalue weighted by molar-refractivity contribution is 0.248. The number of benzene rings is 2. The molecule has 0 spiro atoms. The first-order valence-corrected chi connectivity index (χ1v) is 7.92. The molecule has 3 nitrogen and oxygen atoms in total. The molecule has 2 N–H and O–H groups in total. The van der Waals surface area contributed by atoms with Crippen molar-refractivity contribution < 1.29 is 4.79 Å². The van der Waals surface area contributed by atoms with Crippen LogP contribution in [0.2, 0.25) is 0 Å². The van der Waals surface area contributed by atoms with Gasteiger partial charge >= 0.3 is 6.03 Å². The number of para-hydroxylation sites is 1. The van der Waals surface area contributed by atoms with Crippen LogP contribution in [0.1, 0.15) is 30.9 Å². The molecule has 22 heavy (non-hydrogen) atoms. The van der Waals surface area contributed by atoms with Gasteiger partial charge in [0.2, 0.25) is 0 Å². The van der Waals surface area contributed by atoms with Crippen molar-refractivity contribution in [1.82, 2.24) is 5.32 Å². The van der Waals surface area contributed by atoms with Gasteiger partial charge in [-0.1, -0.05) is 48.5 Å². The Morgan fingerprint density at radius 2 is 1.77 bits per heavy atom. The van der Waals surface area contributed by atoms with Gasteiger partial charge in [-0.15, -0.1) is 0 Å². The van der Waals surface area contributed by atoms with E-state index in [9.17, 15) is 4.79 Å². The van der Waals surface area contributed by atoms with E-state index in [0.29, 0.717) is 5.92 Å². The van der Waals surface area contributed by atoms with E-state index in [1.165, 1.54) is 18.4 Å². The van der Waals surface area contributed by atoms with Crippen LogP contribution in [-0.2, 0) is 6.42 Å². The van der Waals surface area contributed by atoms with E-state index in [-0.39, 0.29) is 12.1 Å². The molecule has 1 aliphatic carbocycles. The second kappa shape index (κ2) is 6.65. The summed E-state index contributed by atoms with van der Waals surface area (Å²) in [7, 11) is 0. The number of amides is 2. The highest BCUT2D eigenvalue weighted by molar-refractivity contribution is 5.90. The van der Waals surface area contributed by atoms with Gasteiger partial charge in [0, 0.05) is 11.7 Å². The first kappa shape index (κ1) is 14.6. The number of anilines is 1. The minimum Gasteiger partial charge on any atom is -0.335 e. The Bertz CT molecular complexity index is 635. The predicted molar refractivity (Wildman–Crippen MR) is 90.0 cm³/mol. The van der Waals surface area contributed by atoms with Crippen molar-refractivity contribution in [2.45, 2.75) is 32.2 Å². The van der Waals surface area contributed by atoms with Crippen LogP contribution >= 0.6 is 0 Å². The van der Waals surface area contributed by atoms with Crippen LogP contribution in [0.15, 0.2) is 54.6 Å². The van der Waals surface area contributed by atoms with Crippen molar-refractivity contribution in [2.75, 3.05) is 5.32 Å². The Hall–Kier alpha value is -2.29. The smallest absolute Gasteiger partial charge is 0.319 e. The second-order valence-electron chi connectivity index (χ2n) is 6.04. The van der Waals surface area contributed by atoms with Crippen LogP contribution in [0.5, 0.6) is 0 Å². The first-order valence-electron chi connectivity index (χ1n) is 7.92. The molecule has 2 aromatic carbocycles. The number of carbonyl (C=O) groups excluding carboxylic acids is 1. The SMILES string of the molecule is CC(NC(=O)Nc1ccccc1Cc1ccccc1)C1CC1. The van der Waals surface area contributed by atoms with Crippen LogP contribution in [0.4, 0.5) is 10.5 Å². The topological polar surface area (TPSA) is 41.1 Å². The Kier molecular flexibility index (Phi) is 4.42. The van der Waals surface area contributed by atoms with E-state index >= 15 is 0 Å². The summed E-state index contributed by atoms with van der Waals surface area (Å²) in [6, 6.07) is 18.4. The van der Waals surface area contributed by atoms with Gasteiger partial charge in [-0.05, 0) is 49.3 Å². The van der Waals surface area contributed by atoms with Gasteiger partial charge < -0.3 is 10.6 Å². The molecule has 114 valence electrons. The normalized spacial score (nSPS) is 15.1. The molecule has 3 heteroatoms. The van der Waals surface area contributed by atoms with Gasteiger partial charge in [0.1, 0.15) is 0 Å². The molecule has 2 aromatic rings. The molecule has 0 bridgehead atoms. The summed E-state index contributed by atoms with van der Waals surface area (Å²) >= 11 is 0. The fourth-order valence-electron chi connectivity index (χ4n) is 2.69. The van der Waals surface area contributed by atoms with Crippen molar-refractivity contribution in [2.24, 2.45) is 5.92 Å². The standard InChI is InChI=1S/C19H22N2O/c1-14(16-11-12-16)20-19(22)21-18-10-6-5-9-17(18)13-15-7-3-2-4-8-15/h2-10,14,16H,11-13H2,1H3,(H2,20,21,22). The quantitative estimate of drug-likeness (QED) is 0.852. The van der Waals surface area contributed by atoms with Crippen molar-refractivity contribution in [3.63, 3.8) is 0 Å². The lowest BCUT2D eigenvalue weighted by Gasteiger charge is -2.15. The summed E-state index contributed by atoms with van der Waals surface area (Å²) < 4.78 is 0. The highest BCUT2D eigenvalue weighted by atomic mass is 16.2. The fourth-order valence-corrected chi connectivity index (χ4v) is 2.69. The lowest BCUT2D eigenvalue weighted by Crippen LogP contribution is -2.37. The Labute approximate surface area is 131 Å². The third-order valence-electron chi connectivity index (χ3n) is 4.19. The minimum absolute atomic E-state index is 0.111. The van der Waals surface area contributed by atoms with Crippen LogP contribution in [0.3, 0.4) is 0 Å². The Balaban J connectivity index is 1.66. The monoisotopic (exact) mass is 294 g/mol. The van der Waals surface area contributed by atoms with E-state index in [4.69, 9.17) is 0 Å². The second-order valence-corrected chi connectivity index (χ2v) is 6.04.